The minimum atomic E-state index is -0.527. The molecule has 0 bridgehead atoms. The lowest BCUT2D eigenvalue weighted by Gasteiger charge is -2.04. The molecule has 106 valence electrons. The van der Waals surface area contributed by atoms with Gasteiger partial charge in [-0.15, -0.1) is 0 Å². The molecule has 0 amide bonds. The van der Waals surface area contributed by atoms with Crippen molar-refractivity contribution in [3.05, 3.63) is 41.3 Å². The van der Waals surface area contributed by atoms with Crippen LogP contribution in [0.3, 0.4) is 0 Å². The van der Waals surface area contributed by atoms with Crippen molar-refractivity contribution in [3.63, 3.8) is 0 Å². The van der Waals surface area contributed by atoms with Crippen LogP contribution < -0.4 is 5.73 Å². The summed E-state index contributed by atoms with van der Waals surface area (Å²) in [7, 11) is 1.30. The first-order valence-electron chi connectivity index (χ1n) is 6.30. The van der Waals surface area contributed by atoms with E-state index in [1.54, 1.807) is 12.1 Å². The van der Waals surface area contributed by atoms with Gasteiger partial charge in [-0.05, 0) is 30.7 Å². The number of esters is 1. The number of carbonyl (C=O) groups is 1. The SMILES string of the molecule is CCCc1c(C(=O)OC)nn(-c2ccc(F)cc2)c1N. The fraction of sp³-hybridized carbons (Fsp3) is 0.286. The van der Waals surface area contributed by atoms with Crippen molar-refractivity contribution in [2.24, 2.45) is 0 Å². The minimum Gasteiger partial charge on any atom is -0.464 e. The summed E-state index contributed by atoms with van der Waals surface area (Å²) >= 11 is 0. The predicted octanol–water partition coefficient (Wildman–Crippen LogP) is 2.33. The molecule has 0 aliphatic rings. The van der Waals surface area contributed by atoms with Crippen molar-refractivity contribution in [1.82, 2.24) is 9.78 Å². The number of anilines is 1. The van der Waals surface area contributed by atoms with Gasteiger partial charge < -0.3 is 10.5 Å². The fourth-order valence-corrected chi connectivity index (χ4v) is 2.00. The minimum absolute atomic E-state index is 0.205. The molecule has 2 aromatic rings. The molecule has 0 saturated heterocycles. The van der Waals surface area contributed by atoms with Crippen LogP contribution in [0.2, 0.25) is 0 Å². The first-order chi connectivity index (χ1) is 9.58. The highest BCUT2D eigenvalue weighted by atomic mass is 19.1. The summed E-state index contributed by atoms with van der Waals surface area (Å²) in [5.41, 5.74) is 7.51. The van der Waals surface area contributed by atoms with Crippen LogP contribution in [-0.2, 0) is 11.2 Å². The van der Waals surface area contributed by atoms with Gasteiger partial charge in [0.2, 0.25) is 0 Å². The highest BCUT2D eigenvalue weighted by Gasteiger charge is 2.22. The number of carbonyl (C=O) groups excluding carboxylic acids is 1. The van der Waals surface area contributed by atoms with E-state index in [0.29, 0.717) is 23.5 Å². The summed E-state index contributed by atoms with van der Waals surface area (Å²) in [5, 5.41) is 4.19. The summed E-state index contributed by atoms with van der Waals surface area (Å²) in [5.74, 6) is -0.499. The molecule has 0 aliphatic heterocycles. The first kappa shape index (κ1) is 14.0. The summed E-state index contributed by atoms with van der Waals surface area (Å²) in [6.45, 7) is 1.98. The number of ether oxygens (including phenoxy) is 1. The van der Waals surface area contributed by atoms with Crippen LogP contribution in [-0.4, -0.2) is 22.9 Å². The number of benzene rings is 1. The van der Waals surface area contributed by atoms with Crippen molar-refractivity contribution in [3.8, 4) is 5.69 Å². The number of hydrogen-bond donors (Lipinski definition) is 1. The topological polar surface area (TPSA) is 70.1 Å². The maximum atomic E-state index is 13.0. The average molecular weight is 277 g/mol. The Labute approximate surface area is 116 Å². The van der Waals surface area contributed by atoms with E-state index in [2.05, 4.69) is 5.10 Å². The quantitative estimate of drug-likeness (QED) is 0.871. The highest BCUT2D eigenvalue weighted by molar-refractivity contribution is 5.90. The zero-order valence-corrected chi connectivity index (χ0v) is 11.4. The number of hydrogen-bond acceptors (Lipinski definition) is 4. The maximum Gasteiger partial charge on any atom is 0.358 e. The average Bonchev–Trinajstić information content (AvgIpc) is 2.77. The molecule has 1 aromatic carbocycles. The molecular formula is C14H16FN3O2. The number of nitrogen functional groups attached to an aromatic ring is 1. The van der Waals surface area contributed by atoms with Gasteiger partial charge in [-0.1, -0.05) is 13.3 Å². The largest absolute Gasteiger partial charge is 0.464 e. The van der Waals surface area contributed by atoms with Crippen molar-refractivity contribution in [2.75, 3.05) is 12.8 Å². The van der Waals surface area contributed by atoms with Gasteiger partial charge in [0.15, 0.2) is 5.69 Å². The van der Waals surface area contributed by atoms with Crippen molar-refractivity contribution in [1.29, 1.82) is 0 Å². The van der Waals surface area contributed by atoms with E-state index >= 15 is 0 Å². The van der Waals surface area contributed by atoms with Crippen LogP contribution in [0.5, 0.6) is 0 Å². The normalized spacial score (nSPS) is 10.6. The summed E-state index contributed by atoms with van der Waals surface area (Å²) < 4.78 is 19.1. The first-order valence-corrected chi connectivity index (χ1v) is 6.30. The third-order valence-corrected chi connectivity index (χ3v) is 2.97. The molecule has 1 aromatic heterocycles. The Morgan fingerprint density at radius 1 is 1.40 bits per heavy atom. The van der Waals surface area contributed by atoms with Gasteiger partial charge in [0.05, 0.1) is 12.8 Å². The molecule has 0 atom stereocenters. The number of aromatic nitrogens is 2. The Morgan fingerprint density at radius 3 is 2.60 bits per heavy atom. The van der Waals surface area contributed by atoms with Crippen LogP contribution in [0.25, 0.3) is 5.69 Å². The van der Waals surface area contributed by atoms with Crippen molar-refractivity contribution < 1.29 is 13.9 Å². The molecule has 20 heavy (non-hydrogen) atoms. The van der Waals surface area contributed by atoms with Gasteiger partial charge in [0, 0.05) is 5.56 Å². The Kier molecular flexibility index (Phi) is 4.02. The van der Waals surface area contributed by atoms with Gasteiger partial charge >= 0.3 is 5.97 Å². The molecule has 5 nitrogen and oxygen atoms in total. The molecule has 0 radical (unpaired) electrons. The lowest BCUT2D eigenvalue weighted by Crippen LogP contribution is -2.06. The smallest absolute Gasteiger partial charge is 0.358 e. The molecule has 0 fully saturated rings. The standard InChI is InChI=1S/C14H16FN3O2/c1-3-4-11-12(14(19)20-2)17-18(13(11)16)10-7-5-9(15)6-8-10/h5-8H,3-4,16H2,1-2H3. The van der Waals surface area contributed by atoms with E-state index in [-0.39, 0.29) is 11.5 Å². The lowest BCUT2D eigenvalue weighted by molar-refractivity contribution is 0.0592. The molecule has 0 saturated carbocycles. The second-order valence-corrected chi connectivity index (χ2v) is 4.34. The highest BCUT2D eigenvalue weighted by Crippen LogP contribution is 2.23. The molecule has 0 spiro atoms. The summed E-state index contributed by atoms with van der Waals surface area (Å²) in [6, 6.07) is 5.73. The fourth-order valence-electron chi connectivity index (χ4n) is 2.00. The zero-order valence-electron chi connectivity index (χ0n) is 11.4. The van der Waals surface area contributed by atoms with E-state index in [4.69, 9.17) is 10.5 Å². The number of halogens is 1. The van der Waals surface area contributed by atoms with E-state index in [1.165, 1.54) is 23.9 Å². The maximum absolute atomic E-state index is 13.0. The predicted molar refractivity (Wildman–Crippen MR) is 73.3 cm³/mol. The van der Waals surface area contributed by atoms with E-state index in [1.807, 2.05) is 6.92 Å². The zero-order chi connectivity index (χ0) is 14.7. The number of rotatable bonds is 4. The second-order valence-electron chi connectivity index (χ2n) is 4.34. The van der Waals surface area contributed by atoms with Gasteiger partial charge in [-0.2, -0.15) is 5.10 Å². The van der Waals surface area contributed by atoms with Crippen LogP contribution >= 0.6 is 0 Å². The van der Waals surface area contributed by atoms with Crippen LogP contribution in [0, 0.1) is 5.82 Å². The van der Waals surface area contributed by atoms with Crippen LogP contribution in [0.4, 0.5) is 10.2 Å². The van der Waals surface area contributed by atoms with Crippen molar-refractivity contribution >= 4 is 11.8 Å². The third kappa shape index (κ3) is 2.49. The summed E-state index contributed by atoms with van der Waals surface area (Å²) in [6.07, 6.45) is 1.45. The number of nitrogens with zero attached hydrogens (tertiary/aromatic N) is 2. The Morgan fingerprint density at radius 2 is 2.05 bits per heavy atom. The molecule has 6 heteroatoms. The van der Waals surface area contributed by atoms with Gasteiger partial charge in [0.1, 0.15) is 11.6 Å². The van der Waals surface area contributed by atoms with E-state index in [9.17, 15) is 9.18 Å². The second kappa shape index (κ2) is 5.73. The Balaban J connectivity index is 2.54. The lowest BCUT2D eigenvalue weighted by atomic mass is 10.1. The van der Waals surface area contributed by atoms with Gasteiger partial charge in [-0.3, -0.25) is 0 Å². The van der Waals surface area contributed by atoms with Gasteiger partial charge in [-0.25, -0.2) is 13.9 Å². The van der Waals surface area contributed by atoms with Gasteiger partial charge in [0.25, 0.3) is 0 Å². The molecule has 0 aliphatic carbocycles. The van der Waals surface area contributed by atoms with Crippen molar-refractivity contribution in [2.45, 2.75) is 19.8 Å². The number of methoxy groups -OCH3 is 1. The van der Waals surface area contributed by atoms with Crippen LogP contribution in [0.1, 0.15) is 29.4 Å². The van der Waals surface area contributed by atoms with E-state index in [0.717, 1.165) is 6.42 Å². The van der Waals surface area contributed by atoms with Crippen LogP contribution in [0.15, 0.2) is 24.3 Å². The Hall–Kier alpha value is -2.37. The number of nitrogens with two attached hydrogens (primary N) is 1. The molecule has 0 unspecified atom stereocenters. The molecular weight excluding hydrogens is 261 g/mol. The molecule has 2 rings (SSSR count). The Bertz CT molecular complexity index is 620. The van der Waals surface area contributed by atoms with E-state index < -0.39 is 5.97 Å². The third-order valence-electron chi connectivity index (χ3n) is 2.97. The monoisotopic (exact) mass is 277 g/mol. The summed E-state index contributed by atoms with van der Waals surface area (Å²) in [4.78, 5) is 11.7. The molecule has 1 heterocycles. The molecule has 2 N–H and O–H groups in total.